The van der Waals surface area contributed by atoms with Gasteiger partial charge >= 0.3 is 0 Å². The maximum absolute atomic E-state index is 14.3. The molecule has 5 rings (SSSR count). The molecule has 3 saturated heterocycles. The lowest BCUT2D eigenvalue weighted by molar-refractivity contribution is 0.0420. The molecule has 4 heterocycles. The third-order valence-electron chi connectivity index (χ3n) is 4.89. The summed E-state index contributed by atoms with van der Waals surface area (Å²) in [4.78, 5) is 3.31. The molecular formula is C15H19FN2OS. The molecule has 108 valence electrons. The number of piperidine rings is 3. The first kappa shape index (κ1) is 12.9. The first-order valence-corrected chi connectivity index (χ1v) is 8.06. The highest BCUT2D eigenvalue weighted by atomic mass is 32.2. The monoisotopic (exact) mass is 294 g/mol. The van der Waals surface area contributed by atoms with Crippen molar-refractivity contribution >= 4 is 11.9 Å². The fourth-order valence-electron chi connectivity index (χ4n) is 3.72. The van der Waals surface area contributed by atoms with Crippen LogP contribution in [0.25, 0.3) is 0 Å². The predicted octanol–water partition coefficient (Wildman–Crippen LogP) is 2.75. The summed E-state index contributed by atoms with van der Waals surface area (Å²) in [5.41, 5.74) is 1.10. The molecule has 0 saturated carbocycles. The molecule has 4 aliphatic rings. The van der Waals surface area contributed by atoms with E-state index in [1.807, 2.05) is 6.07 Å². The summed E-state index contributed by atoms with van der Waals surface area (Å²) in [5.74, 6) is 0.942. The van der Waals surface area contributed by atoms with Crippen molar-refractivity contribution in [2.45, 2.75) is 30.3 Å². The van der Waals surface area contributed by atoms with Crippen LogP contribution in [0.2, 0.25) is 0 Å². The zero-order valence-electron chi connectivity index (χ0n) is 11.6. The number of nitrogens with zero attached hydrogens (tertiary/aromatic N) is 2. The van der Waals surface area contributed by atoms with E-state index < -0.39 is 0 Å². The zero-order chi connectivity index (χ0) is 13.7. The minimum Gasteiger partial charge on any atom is -0.494 e. The minimum atomic E-state index is -0.196. The van der Waals surface area contributed by atoms with E-state index in [-0.39, 0.29) is 5.82 Å². The number of hydrogen-bond donors (Lipinski definition) is 0. The topological polar surface area (TPSA) is 15.7 Å². The quantitative estimate of drug-likeness (QED) is 0.779. The summed E-state index contributed by atoms with van der Waals surface area (Å²) in [6, 6.07) is 4.32. The van der Waals surface area contributed by atoms with Crippen LogP contribution in [0, 0.1) is 11.7 Å². The van der Waals surface area contributed by atoms with E-state index in [1.165, 1.54) is 33.0 Å². The maximum Gasteiger partial charge on any atom is 0.180 e. The van der Waals surface area contributed by atoms with E-state index in [2.05, 4.69) is 9.21 Å². The van der Waals surface area contributed by atoms with Crippen molar-refractivity contribution in [3.05, 3.63) is 23.5 Å². The van der Waals surface area contributed by atoms with Crippen molar-refractivity contribution in [1.29, 1.82) is 0 Å². The van der Waals surface area contributed by atoms with Crippen LogP contribution in [-0.4, -0.2) is 42.0 Å². The Bertz CT molecular complexity index is 531. The molecule has 0 amide bonds. The third-order valence-corrected chi connectivity index (χ3v) is 6.15. The van der Waals surface area contributed by atoms with Crippen LogP contribution in [0.5, 0.6) is 5.75 Å². The smallest absolute Gasteiger partial charge is 0.180 e. The maximum atomic E-state index is 14.3. The number of fused-ring (bicyclic) bond motifs is 4. The molecular weight excluding hydrogens is 275 g/mol. The molecule has 1 aromatic rings. The molecule has 4 aliphatic heterocycles. The second-order valence-corrected chi connectivity index (χ2v) is 7.00. The van der Waals surface area contributed by atoms with Gasteiger partial charge in [-0.15, -0.1) is 0 Å². The number of methoxy groups -OCH3 is 1. The molecule has 0 spiro atoms. The Hall–Kier alpha value is -0.780. The van der Waals surface area contributed by atoms with Gasteiger partial charge in [0.05, 0.1) is 12.0 Å². The second-order valence-electron chi connectivity index (χ2n) is 5.94. The van der Waals surface area contributed by atoms with Crippen LogP contribution in [0.4, 0.5) is 4.39 Å². The van der Waals surface area contributed by atoms with Crippen LogP contribution in [0.1, 0.15) is 18.4 Å². The molecule has 0 aliphatic carbocycles. The molecule has 1 atom stereocenters. The summed E-state index contributed by atoms with van der Waals surface area (Å²) in [7, 11) is 1.52. The van der Waals surface area contributed by atoms with Gasteiger partial charge in [0, 0.05) is 19.1 Å². The van der Waals surface area contributed by atoms with E-state index in [0.717, 1.165) is 29.5 Å². The Morgan fingerprint density at radius 3 is 2.75 bits per heavy atom. The Labute approximate surface area is 123 Å². The van der Waals surface area contributed by atoms with Gasteiger partial charge in [-0.3, -0.25) is 0 Å². The second kappa shape index (κ2) is 4.90. The summed E-state index contributed by atoms with van der Waals surface area (Å²) in [5, 5.41) is 0. The average Bonchev–Trinajstić information content (AvgIpc) is 2.94. The molecule has 0 aromatic heterocycles. The van der Waals surface area contributed by atoms with Gasteiger partial charge < -0.3 is 9.64 Å². The van der Waals surface area contributed by atoms with Crippen molar-refractivity contribution < 1.29 is 9.13 Å². The van der Waals surface area contributed by atoms with Crippen molar-refractivity contribution in [3.8, 4) is 5.75 Å². The van der Waals surface area contributed by atoms with Gasteiger partial charge in [0.15, 0.2) is 11.6 Å². The number of hydrogen-bond acceptors (Lipinski definition) is 4. The molecule has 20 heavy (non-hydrogen) atoms. The highest BCUT2D eigenvalue weighted by Crippen LogP contribution is 2.45. The molecule has 0 unspecified atom stereocenters. The normalized spacial score (nSPS) is 32.4. The van der Waals surface area contributed by atoms with E-state index >= 15 is 0 Å². The molecule has 5 heteroatoms. The molecule has 0 N–H and O–H groups in total. The summed E-state index contributed by atoms with van der Waals surface area (Å²) >= 11 is 1.59. The largest absolute Gasteiger partial charge is 0.494 e. The number of benzene rings is 1. The molecule has 3 fully saturated rings. The Morgan fingerprint density at radius 1 is 1.30 bits per heavy atom. The Morgan fingerprint density at radius 2 is 2.10 bits per heavy atom. The van der Waals surface area contributed by atoms with E-state index in [1.54, 1.807) is 18.0 Å². The first-order valence-electron chi connectivity index (χ1n) is 7.28. The number of halogens is 1. The Balaban J connectivity index is 1.58. The van der Waals surface area contributed by atoms with Crippen LogP contribution in [0.3, 0.4) is 0 Å². The lowest BCUT2D eigenvalue weighted by atomic mass is 9.84. The van der Waals surface area contributed by atoms with Gasteiger partial charge in [-0.25, -0.2) is 8.70 Å². The number of ether oxygens (including phenoxy) is 1. The van der Waals surface area contributed by atoms with Gasteiger partial charge in [0.25, 0.3) is 0 Å². The van der Waals surface area contributed by atoms with Gasteiger partial charge in [0.2, 0.25) is 0 Å². The van der Waals surface area contributed by atoms with Crippen LogP contribution < -0.4 is 4.74 Å². The van der Waals surface area contributed by atoms with Gasteiger partial charge in [0.1, 0.15) is 0 Å². The van der Waals surface area contributed by atoms with Gasteiger partial charge in [-0.2, -0.15) is 0 Å². The molecule has 1 aromatic carbocycles. The highest BCUT2D eigenvalue weighted by Gasteiger charge is 2.40. The van der Waals surface area contributed by atoms with Gasteiger partial charge in [-0.1, -0.05) is 6.07 Å². The lowest BCUT2D eigenvalue weighted by Crippen LogP contribution is -2.55. The van der Waals surface area contributed by atoms with Gasteiger partial charge in [-0.05, 0) is 55.4 Å². The first-order chi connectivity index (χ1) is 9.76. The van der Waals surface area contributed by atoms with Crippen LogP contribution in [0.15, 0.2) is 17.0 Å². The van der Waals surface area contributed by atoms with Crippen molar-refractivity contribution in [1.82, 2.24) is 9.21 Å². The Kier molecular flexibility index (Phi) is 3.16. The van der Waals surface area contributed by atoms with Crippen LogP contribution in [-0.2, 0) is 6.54 Å². The van der Waals surface area contributed by atoms with E-state index in [4.69, 9.17) is 4.74 Å². The summed E-state index contributed by atoms with van der Waals surface area (Å²) < 4.78 is 21.8. The minimum absolute atomic E-state index is 0.196. The van der Waals surface area contributed by atoms with Crippen molar-refractivity contribution in [2.24, 2.45) is 5.92 Å². The molecule has 3 nitrogen and oxygen atoms in total. The fourth-order valence-corrected chi connectivity index (χ4v) is 4.96. The summed E-state index contributed by atoms with van der Waals surface area (Å²) in [6.45, 7) is 4.49. The van der Waals surface area contributed by atoms with E-state index in [0.29, 0.717) is 11.8 Å². The zero-order valence-corrected chi connectivity index (χ0v) is 12.5. The lowest BCUT2D eigenvalue weighted by Gasteiger charge is -2.47. The third kappa shape index (κ3) is 1.95. The fraction of sp³-hybridized carbons (Fsp3) is 0.600. The summed E-state index contributed by atoms with van der Waals surface area (Å²) in [6.07, 6.45) is 2.59. The molecule has 2 bridgehead atoms. The highest BCUT2D eigenvalue weighted by molar-refractivity contribution is 7.97. The molecule has 0 radical (unpaired) electrons. The predicted molar refractivity (Wildman–Crippen MR) is 77.3 cm³/mol. The average molecular weight is 294 g/mol. The van der Waals surface area contributed by atoms with Crippen molar-refractivity contribution in [3.63, 3.8) is 0 Å². The number of rotatable bonds is 2. The van der Waals surface area contributed by atoms with E-state index in [9.17, 15) is 4.39 Å². The van der Waals surface area contributed by atoms with Crippen molar-refractivity contribution in [2.75, 3.05) is 26.7 Å². The standard InChI is InChI=1S/C15H19FN2OS/c1-19-13-3-2-11-8-18(20-15(11)14(13)16)12-9-17-6-4-10(12)5-7-17/h2-3,10,12H,4-9H2,1H3/t12-/m1/s1. The SMILES string of the molecule is COc1ccc2c(c1F)SN([C@@H]1CN3CCC1CC3)C2. The van der Waals surface area contributed by atoms with Crippen LogP contribution >= 0.6 is 11.9 Å².